The highest BCUT2D eigenvalue weighted by molar-refractivity contribution is 7.99. The number of para-hydroxylation sites is 1. The van der Waals surface area contributed by atoms with Crippen molar-refractivity contribution >= 4 is 28.9 Å². The molecule has 0 atom stereocenters. The minimum Gasteiger partial charge on any atom is -0.357 e. The van der Waals surface area contributed by atoms with Gasteiger partial charge in [0.05, 0.1) is 12.3 Å². The van der Waals surface area contributed by atoms with Gasteiger partial charge in [0.25, 0.3) is 6.43 Å². The van der Waals surface area contributed by atoms with Gasteiger partial charge in [-0.15, -0.1) is 0 Å². The van der Waals surface area contributed by atoms with Gasteiger partial charge in [-0.05, 0) is 18.2 Å². The Morgan fingerprint density at radius 1 is 1.10 bits per heavy atom. The van der Waals surface area contributed by atoms with Crippen LogP contribution in [-0.4, -0.2) is 47.3 Å². The molecule has 2 aromatic rings. The first-order valence-corrected chi connectivity index (χ1v) is 11.2. The van der Waals surface area contributed by atoms with Crippen LogP contribution in [0.1, 0.15) is 17.5 Å². The summed E-state index contributed by atoms with van der Waals surface area (Å²) < 4.78 is 40.6. The second-order valence-corrected chi connectivity index (χ2v) is 8.58. The molecule has 4 nitrogen and oxygen atoms in total. The van der Waals surface area contributed by atoms with Gasteiger partial charge in [0.2, 0.25) is 0 Å². The van der Waals surface area contributed by atoms with E-state index in [1.54, 1.807) is 12.1 Å². The standard InChI is InChI=1S/C23H23F3N4S/c1-16(29-9-11-31-12-10-29)30(19-5-3-2-4-6-19)15-18-8-7-17(13-20(18)24)21-14-22(23(25)26)28-27-21/h2-8,13,23H,1,9-12,14-15H2. The highest BCUT2D eigenvalue weighted by atomic mass is 32.2. The van der Waals surface area contributed by atoms with Crippen molar-refractivity contribution in [2.45, 2.75) is 19.4 Å². The molecule has 0 N–H and O–H groups in total. The van der Waals surface area contributed by atoms with E-state index in [9.17, 15) is 8.78 Å². The number of hydrogen-bond donors (Lipinski definition) is 0. The number of halogens is 3. The van der Waals surface area contributed by atoms with Gasteiger partial charge in [0, 0.05) is 47.8 Å². The predicted octanol–water partition coefficient (Wildman–Crippen LogP) is 5.17. The van der Waals surface area contributed by atoms with Crippen LogP contribution in [0.2, 0.25) is 0 Å². The summed E-state index contributed by atoms with van der Waals surface area (Å²) in [6.45, 7) is 6.42. The predicted molar refractivity (Wildman–Crippen MR) is 122 cm³/mol. The quantitative estimate of drug-likeness (QED) is 0.591. The fourth-order valence-electron chi connectivity index (χ4n) is 3.60. The molecule has 2 aliphatic heterocycles. The smallest absolute Gasteiger partial charge is 0.278 e. The Bertz CT molecular complexity index is 1000. The molecule has 2 heterocycles. The van der Waals surface area contributed by atoms with E-state index in [1.165, 1.54) is 6.07 Å². The van der Waals surface area contributed by atoms with E-state index >= 15 is 4.39 Å². The van der Waals surface area contributed by atoms with Crippen LogP contribution < -0.4 is 4.90 Å². The molecule has 0 unspecified atom stereocenters. The van der Waals surface area contributed by atoms with Gasteiger partial charge < -0.3 is 9.80 Å². The number of anilines is 1. The summed E-state index contributed by atoms with van der Waals surface area (Å²) in [5.74, 6) is 2.50. The molecular formula is C23H23F3N4S. The summed E-state index contributed by atoms with van der Waals surface area (Å²) in [6.07, 6.45) is -2.71. The lowest BCUT2D eigenvalue weighted by Gasteiger charge is -2.37. The topological polar surface area (TPSA) is 31.2 Å². The molecule has 2 aliphatic rings. The average Bonchev–Trinajstić information content (AvgIpc) is 3.30. The van der Waals surface area contributed by atoms with Crippen molar-refractivity contribution in [2.24, 2.45) is 10.2 Å². The first-order valence-electron chi connectivity index (χ1n) is 10.1. The first-order chi connectivity index (χ1) is 15.0. The number of rotatable bonds is 7. The molecule has 8 heteroatoms. The number of hydrogen-bond acceptors (Lipinski definition) is 5. The fourth-order valence-corrected chi connectivity index (χ4v) is 4.51. The van der Waals surface area contributed by atoms with Gasteiger partial charge in [-0.3, -0.25) is 0 Å². The maximum absolute atomic E-state index is 15.0. The first kappa shape index (κ1) is 21.5. The van der Waals surface area contributed by atoms with Crippen LogP contribution in [0, 0.1) is 5.82 Å². The fraction of sp³-hybridized carbons (Fsp3) is 0.304. The Labute approximate surface area is 184 Å². The molecule has 162 valence electrons. The van der Waals surface area contributed by atoms with Crippen LogP contribution in [-0.2, 0) is 6.54 Å². The third kappa shape index (κ3) is 4.95. The van der Waals surface area contributed by atoms with Gasteiger partial charge in [-0.1, -0.05) is 36.9 Å². The third-order valence-electron chi connectivity index (χ3n) is 5.37. The monoisotopic (exact) mass is 444 g/mol. The van der Waals surface area contributed by atoms with Crippen molar-refractivity contribution in [1.29, 1.82) is 0 Å². The summed E-state index contributed by atoms with van der Waals surface area (Å²) in [6, 6.07) is 14.5. The van der Waals surface area contributed by atoms with Crippen LogP contribution in [0.5, 0.6) is 0 Å². The Kier molecular flexibility index (Phi) is 6.65. The lowest BCUT2D eigenvalue weighted by atomic mass is 10.0. The molecule has 0 aliphatic carbocycles. The van der Waals surface area contributed by atoms with Crippen LogP contribution in [0.3, 0.4) is 0 Å². The summed E-state index contributed by atoms with van der Waals surface area (Å²) in [5.41, 5.74) is 1.97. The summed E-state index contributed by atoms with van der Waals surface area (Å²) in [5, 5.41) is 7.32. The van der Waals surface area contributed by atoms with Crippen molar-refractivity contribution in [1.82, 2.24) is 4.90 Å². The maximum Gasteiger partial charge on any atom is 0.278 e. The van der Waals surface area contributed by atoms with Crippen molar-refractivity contribution < 1.29 is 13.2 Å². The van der Waals surface area contributed by atoms with Crippen LogP contribution >= 0.6 is 11.8 Å². The van der Waals surface area contributed by atoms with E-state index in [1.807, 2.05) is 47.0 Å². The van der Waals surface area contributed by atoms with Crippen molar-refractivity contribution in [3.63, 3.8) is 0 Å². The van der Waals surface area contributed by atoms with Crippen molar-refractivity contribution in [3.05, 3.63) is 77.9 Å². The third-order valence-corrected chi connectivity index (χ3v) is 6.31. The molecule has 1 fully saturated rings. The molecule has 0 spiro atoms. The highest BCUT2D eigenvalue weighted by Gasteiger charge is 2.24. The lowest BCUT2D eigenvalue weighted by molar-refractivity contribution is 0.224. The van der Waals surface area contributed by atoms with E-state index < -0.39 is 12.2 Å². The number of benzene rings is 2. The highest BCUT2D eigenvalue weighted by Crippen LogP contribution is 2.27. The Morgan fingerprint density at radius 3 is 2.48 bits per heavy atom. The zero-order valence-electron chi connectivity index (χ0n) is 17.0. The maximum atomic E-state index is 15.0. The summed E-state index contributed by atoms with van der Waals surface area (Å²) >= 11 is 1.92. The molecule has 0 saturated carbocycles. The van der Waals surface area contributed by atoms with E-state index in [0.717, 1.165) is 36.1 Å². The van der Waals surface area contributed by atoms with Crippen LogP contribution in [0.4, 0.5) is 18.9 Å². The molecular weight excluding hydrogens is 421 g/mol. The number of alkyl halides is 2. The molecule has 0 aromatic heterocycles. The molecule has 0 bridgehead atoms. The Hall–Kier alpha value is -2.74. The summed E-state index contributed by atoms with van der Waals surface area (Å²) in [7, 11) is 0. The van der Waals surface area contributed by atoms with Crippen molar-refractivity contribution in [3.8, 4) is 0 Å². The normalized spacial score (nSPS) is 16.3. The lowest BCUT2D eigenvalue weighted by Crippen LogP contribution is -2.39. The van der Waals surface area contributed by atoms with E-state index in [-0.39, 0.29) is 12.1 Å². The Balaban J connectivity index is 1.55. The number of nitrogens with zero attached hydrogens (tertiary/aromatic N) is 4. The SMILES string of the molecule is C=C(N1CCSCC1)N(Cc1ccc(C2=NN=C(C(F)F)C2)cc1F)c1ccccc1. The van der Waals surface area contributed by atoms with Gasteiger partial charge >= 0.3 is 0 Å². The molecule has 31 heavy (non-hydrogen) atoms. The minimum atomic E-state index is -2.65. The van der Waals surface area contributed by atoms with Crippen LogP contribution in [0.25, 0.3) is 0 Å². The van der Waals surface area contributed by atoms with Gasteiger partial charge in [-0.25, -0.2) is 13.2 Å². The zero-order chi connectivity index (χ0) is 21.8. The van der Waals surface area contributed by atoms with Crippen molar-refractivity contribution in [2.75, 3.05) is 29.5 Å². The largest absolute Gasteiger partial charge is 0.357 e. The minimum absolute atomic E-state index is 0.0592. The Morgan fingerprint density at radius 2 is 1.84 bits per heavy atom. The van der Waals surface area contributed by atoms with E-state index in [2.05, 4.69) is 21.7 Å². The molecule has 0 amide bonds. The molecule has 2 aromatic carbocycles. The number of thioether (sulfide) groups is 1. The van der Waals surface area contributed by atoms with Gasteiger partial charge in [0.15, 0.2) is 0 Å². The van der Waals surface area contributed by atoms with E-state index in [4.69, 9.17) is 0 Å². The van der Waals surface area contributed by atoms with Gasteiger partial charge in [-0.2, -0.15) is 22.0 Å². The second-order valence-electron chi connectivity index (χ2n) is 7.36. The van der Waals surface area contributed by atoms with Gasteiger partial charge in [0.1, 0.15) is 17.3 Å². The molecule has 4 rings (SSSR count). The second kappa shape index (κ2) is 9.60. The van der Waals surface area contributed by atoms with E-state index in [0.29, 0.717) is 23.4 Å². The molecule has 0 radical (unpaired) electrons. The molecule has 1 saturated heterocycles. The zero-order valence-corrected chi connectivity index (χ0v) is 17.8. The average molecular weight is 445 g/mol. The van der Waals surface area contributed by atoms with Crippen LogP contribution in [0.15, 0.2) is 71.1 Å². The summed E-state index contributed by atoms with van der Waals surface area (Å²) in [4.78, 5) is 4.24.